The van der Waals surface area contributed by atoms with E-state index in [9.17, 15) is 9.59 Å². The van der Waals surface area contributed by atoms with Gasteiger partial charge in [-0.25, -0.2) is 0 Å². The zero-order valence-electron chi connectivity index (χ0n) is 12.4. The van der Waals surface area contributed by atoms with Crippen LogP contribution in [0.25, 0.3) is 0 Å². The monoisotopic (exact) mass is 287 g/mol. The fraction of sp³-hybridized carbons (Fsp3) is 0.529. The molecular weight excluding hydrogens is 266 g/mol. The molecule has 0 bridgehead atoms. The van der Waals surface area contributed by atoms with Gasteiger partial charge in [0.2, 0.25) is 5.91 Å². The van der Waals surface area contributed by atoms with Crippen LogP contribution in [-0.2, 0) is 20.9 Å². The molecule has 0 N–H and O–H groups in total. The smallest absolute Gasteiger partial charge is 0.309 e. The number of carbonyl (C=O) groups excluding carboxylic acids is 2. The Hall–Kier alpha value is -1.84. The van der Waals surface area contributed by atoms with Crippen molar-refractivity contribution in [3.63, 3.8) is 0 Å². The molecule has 1 aliphatic heterocycles. The van der Waals surface area contributed by atoms with Crippen LogP contribution in [-0.4, -0.2) is 29.9 Å². The highest BCUT2D eigenvalue weighted by Crippen LogP contribution is 2.59. The van der Waals surface area contributed by atoms with Crippen LogP contribution in [0.3, 0.4) is 0 Å². The Kier molecular flexibility index (Phi) is 3.70. The number of carbonyl (C=O) groups is 2. The van der Waals surface area contributed by atoms with E-state index >= 15 is 0 Å². The molecule has 4 heteroatoms. The van der Waals surface area contributed by atoms with Gasteiger partial charge in [-0.3, -0.25) is 9.59 Å². The van der Waals surface area contributed by atoms with Crippen LogP contribution >= 0.6 is 0 Å². The Labute approximate surface area is 125 Å². The zero-order chi connectivity index (χ0) is 14.9. The maximum atomic E-state index is 12.2. The van der Waals surface area contributed by atoms with Crippen LogP contribution in [0.2, 0.25) is 0 Å². The van der Waals surface area contributed by atoms with Gasteiger partial charge in [0.25, 0.3) is 0 Å². The van der Waals surface area contributed by atoms with Gasteiger partial charge in [-0.2, -0.15) is 0 Å². The van der Waals surface area contributed by atoms with Crippen molar-refractivity contribution in [2.45, 2.75) is 32.8 Å². The topological polar surface area (TPSA) is 46.6 Å². The molecule has 1 heterocycles. The SMILES string of the molecule is CC(=O)N1CCC2(CC1)CC2C(=O)OCc1ccccc1. The van der Waals surface area contributed by atoms with Crippen LogP contribution in [0.15, 0.2) is 30.3 Å². The van der Waals surface area contributed by atoms with Crippen molar-refractivity contribution in [3.8, 4) is 0 Å². The zero-order valence-corrected chi connectivity index (χ0v) is 12.4. The number of hydrogen-bond acceptors (Lipinski definition) is 3. The molecule has 1 aromatic carbocycles. The van der Waals surface area contributed by atoms with Gasteiger partial charge < -0.3 is 9.64 Å². The molecule has 1 spiro atoms. The predicted octanol–water partition coefficient (Wildman–Crippen LogP) is 2.38. The number of rotatable bonds is 3. The van der Waals surface area contributed by atoms with Crippen LogP contribution in [0.5, 0.6) is 0 Å². The van der Waals surface area contributed by atoms with Gasteiger partial charge in [0.05, 0.1) is 5.92 Å². The summed E-state index contributed by atoms with van der Waals surface area (Å²) >= 11 is 0. The molecule has 1 amide bonds. The fourth-order valence-corrected chi connectivity index (χ4v) is 3.33. The first-order chi connectivity index (χ1) is 10.1. The largest absolute Gasteiger partial charge is 0.461 e. The summed E-state index contributed by atoms with van der Waals surface area (Å²) in [6.07, 6.45) is 2.78. The van der Waals surface area contributed by atoms with Gasteiger partial charge in [-0.1, -0.05) is 30.3 Å². The molecule has 0 aromatic heterocycles. The normalized spacial score (nSPS) is 22.9. The summed E-state index contributed by atoms with van der Waals surface area (Å²) in [5, 5.41) is 0. The van der Waals surface area contributed by atoms with Crippen molar-refractivity contribution in [1.29, 1.82) is 0 Å². The number of nitrogens with zero attached hydrogens (tertiary/aromatic N) is 1. The standard InChI is InChI=1S/C17H21NO3/c1-13(19)18-9-7-17(8-10-18)11-15(17)16(20)21-12-14-5-3-2-4-6-14/h2-6,15H,7-12H2,1H3. The van der Waals surface area contributed by atoms with Gasteiger partial charge in [0, 0.05) is 20.0 Å². The van der Waals surface area contributed by atoms with E-state index in [1.54, 1.807) is 6.92 Å². The third kappa shape index (κ3) is 2.94. The van der Waals surface area contributed by atoms with E-state index in [1.165, 1.54) is 0 Å². The molecule has 1 unspecified atom stereocenters. The number of esters is 1. The third-order valence-electron chi connectivity index (χ3n) is 4.90. The van der Waals surface area contributed by atoms with Crippen molar-refractivity contribution in [2.75, 3.05) is 13.1 Å². The van der Waals surface area contributed by atoms with Gasteiger partial charge in [-0.15, -0.1) is 0 Å². The lowest BCUT2D eigenvalue weighted by molar-refractivity contribution is -0.147. The van der Waals surface area contributed by atoms with Crippen molar-refractivity contribution < 1.29 is 14.3 Å². The predicted molar refractivity (Wildman–Crippen MR) is 78.3 cm³/mol. The highest BCUT2D eigenvalue weighted by atomic mass is 16.5. The lowest BCUT2D eigenvalue weighted by Gasteiger charge is -2.32. The Morgan fingerprint density at radius 1 is 1.24 bits per heavy atom. The van der Waals surface area contributed by atoms with Gasteiger partial charge in [-0.05, 0) is 30.2 Å². The molecule has 4 nitrogen and oxygen atoms in total. The highest BCUT2D eigenvalue weighted by Gasteiger charge is 2.59. The van der Waals surface area contributed by atoms with E-state index in [0.29, 0.717) is 6.61 Å². The lowest BCUT2D eigenvalue weighted by Crippen LogP contribution is -2.38. The van der Waals surface area contributed by atoms with Crippen LogP contribution in [0, 0.1) is 11.3 Å². The number of benzene rings is 1. The first kappa shape index (κ1) is 14.1. The van der Waals surface area contributed by atoms with E-state index in [1.807, 2.05) is 35.2 Å². The summed E-state index contributed by atoms with van der Waals surface area (Å²) in [5.41, 5.74) is 1.13. The van der Waals surface area contributed by atoms with E-state index in [0.717, 1.165) is 37.9 Å². The molecule has 1 atom stereocenters. The summed E-state index contributed by atoms with van der Waals surface area (Å²) in [7, 11) is 0. The van der Waals surface area contributed by atoms with Gasteiger partial charge >= 0.3 is 5.97 Å². The number of ether oxygens (including phenoxy) is 1. The molecule has 21 heavy (non-hydrogen) atoms. The first-order valence-corrected chi connectivity index (χ1v) is 7.57. The van der Waals surface area contributed by atoms with Crippen molar-refractivity contribution in [3.05, 3.63) is 35.9 Å². The maximum Gasteiger partial charge on any atom is 0.309 e. The van der Waals surface area contributed by atoms with E-state index in [-0.39, 0.29) is 23.2 Å². The maximum absolute atomic E-state index is 12.2. The second-order valence-corrected chi connectivity index (χ2v) is 6.22. The number of amides is 1. The minimum atomic E-state index is -0.0740. The molecular formula is C17H21NO3. The number of piperidine rings is 1. The van der Waals surface area contributed by atoms with Crippen molar-refractivity contribution in [2.24, 2.45) is 11.3 Å². The first-order valence-electron chi connectivity index (χ1n) is 7.57. The summed E-state index contributed by atoms with van der Waals surface area (Å²) in [6, 6.07) is 9.76. The van der Waals surface area contributed by atoms with E-state index < -0.39 is 0 Å². The van der Waals surface area contributed by atoms with Crippen LogP contribution in [0.1, 0.15) is 31.7 Å². The molecule has 1 aromatic rings. The van der Waals surface area contributed by atoms with Gasteiger partial charge in [0.15, 0.2) is 0 Å². The average Bonchev–Trinajstić information content (AvgIpc) is 3.20. The minimum absolute atomic E-state index is 0.0373. The Morgan fingerprint density at radius 3 is 2.52 bits per heavy atom. The summed E-state index contributed by atoms with van der Waals surface area (Å²) in [4.78, 5) is 25.4. The minimum Gasteiger partial charge on any atom is -0.461 e. The summed E-state index contributed by atoms with van der Waals surface area (Å²) in [5.74, 6) is 0.0964. The molecule has 3 rings (SSSR count). The molecule has 1 aliphatic carbocycles. The highest BCUT2D eigenvalue weighted by molar-refractivity contribution is 5.77. The quantitative estimate of drug-likeness (QED) is 0.802. The molecule has 1 saturated heterocycles. The van der Waals surface area contributed by atoms with Crippen LogP contribution < -0.4 is 0 Å². The number of likely N-dealkylation sites (tertiary alicyclic amines) is 1. The molecule has 2 aliphatic rings. The fourth-order valence-electron chi connectivity index (χ4n) is 3.33. The van der Waals surface area contributed by atoms with E-state index in [2.05, 4.69) is 0 Å². The lowest BCUT2D eigenvalue weighted by atomic mass is 9.91. The summed E-state index contributed by atoms with van der Waals surface area (Å²) < 4.78 is 5.43. The molecule has 0 radical (unpaired) electrons. The molecule has 112 valence electrons. The Bertz CT molecular complexity index is 532. The van der Waals surface area contributed by atoms with E-state index in [4.69, 9.17) is 4.74 Å². The Balaban J connectivity index is 1.49. The Morgan fingerprint density at radius 2 is 1.90 bits per heavy atom. The van der Waals surface area contributed by atoms with Crippen molar-refractivity contribution in [1.82, 2.24) is 4.90 Å². The second-order valence-electron chi connectivity index (χ2n) is 6.22. The van der Waals surface area contributed by atoms with Crippen molar-refractivity contribution >= 4 is 11.9 Å². The average molecular weight is 287 g/mol. The van der Waals surface area contributed by atoms with Crippen LogP contribution in [0.4, 0.5) is 0 Å². The second kappa shape index (κ2) is 5.51. The summed E-state index contributed by atoms with van der Waals surface area (Å²) in [6.45, 7) is 3.51. The van der Waals surface area contributed by atoms with Gasteiger partial charge in [0.1, 0.15) is 6.61 Å². The molecule has 1 saturated carbocycles. The number of hydrogen-bond donors (Lipinski definition) is 0. The third-order valence-corrected chi connectivity index (χ3v) is 4.90. The molecule has 2 fully saturated rings.